The van der Waals surface area contributed by atoms with Crippen LogP contribution in [0.25, 0.3) is 5.69 Å². The number of para-hydroxylation sites is 1. The molecule has 0 radical (unpaired) electrons. The van der Waals surface area contributed by atoms with Crippen molar-refractivity contribution in [3.63, 3.8) is 0 Å². The van der Waals surface area contributed by atoms with Gasteiger partial charge in [0.15, 0.2) is 5.82 Å². The maximum absolute atomic E-state index is 4.21. The highest BCUT2D eigenvalue weighted by Gasteiger charge is 2.22. The molecule has 5 nitrogen and oxygen atoms in total. The molecule has 1 aromatic carbocycles. The number of hydrogen-bond donors (Lipinski definition) is 1. The summed E-state index contributed by atoms with van der Waals surface area (Å²) in [6.07, 6.45) is 1.05. The van der Waals surface area contributed by atoms with E-state index in [-0.39, 0.29) is 5.92 Å². The molecule has 1 N–H and O–H groups in total. The van der Waals surface area contributed by atoms with Crippen LogP contribution in [0.2, 0.25) is 0 Å². The Bertz CT molecular complexity index is 494. The smallest absolute Gasteiger partial charge is 0.161 e. The van der Waals surface area contributed by atoms with Crippen LogP contribution < -0.4 is 5.32 Å². The molecule has 0 spiro atoms. The topological polar surface area (TPSA) is 55.6 Å². The SMILES string of the molecule is CCNC(CC)C(C)c1nnnn1-c1ccccc1. The van der Waals surface area contributed by atoms with Gasteiger partial charge in [-0.25, -0.2) is 0 Å². The van der Waals surface area contributed by atoms with Crippen LogP contribution in [0.4, 0.5) is 0 Å². The highest BCUT2D eigenvalue weighted by Crippen LogP contribution is 2.20. The van der Waals surface area contributed by atoms with E-state index in [0.29, 0.717) is 6.04 Å². The third-order valence-electron chi connectivity index (χ3n) is 3.41. The van der Waals surface area contributed by atoms with Crippen molar-refractivity contribution in [1.82, 2.24) is 25.5 Å². The summed E-state index contributed by atoms with van der Waals surface area (Å²) >= 11 is 0. The van der Waals surface area contributed by atoms with Crippen LogP contribution in [0.15, 0.2) is 30.3 Å². The Labute approximate surface area is 114 Å². The fourth-order valence-corrected chi connectivity index (χ4v) is 2.35. The number of benzene rings is 1. The van der Waals surface area contributed by atoms with Crippen molar-refractivity contribution in [2.45, 2.75) is 39.2 Å². The highest BCUT2D eigenvalue weighted by molar-refractivity contribution is 5.31. The molecule has 1 aromatic heterocycles. The summed E-state index contributed by atoms with van der Waals surface area (Å²) < 4.78 is 1.82. The second-order valence-corrected chi connectivity index (χ2v) is 4.65. The van der Waals surface area contributed by atoms with Crippen LogP contribution in [-0.2, 0) is 0 Å². The maximum Gasteiger partial charge on any atom is 0.161 e. The third kappa shape index (κ3) is 2.98. The van der Waals surface area contributed by atoms with Gasteiger partial charge in [0.1, 0.15) is 0 Å². The average molecular weight is 259 g/mol. The number of hydrogen-bond acceptors (Lipinski definition) is 4. The van der Waals surface area contributed by atoms with Gasteiger partial charge in [-0.3, -0.25) is 0 Å². The lowest BCUT2D eigenvalue weighted by molar-refractivity contribution is 0.430. The lowest BCUT2D eigenvalue weighted by atomic mass is 9.98. The molecule has 2 unspecified atom stereocenters. The summed E-state index contributed by atoms with van der Waals surface area (Å²) in [6, 6.07) is 10.4. The summed E-state index contributed by atoms with van der Waals surface area (Å²) in [5.41, 5.74) is 1.00. The van der Waals surface area contributed by atoms with E-state index < -0.39 is 0 Å². The Hall–Kier alpha value is -1.75. The summed E-state index contributed by atoms with van der Waals surface area (Å²) in [7, 11) is 0. The van der Waals surface area contributed by atoms with Gasteiger partial charge in [0.25, 0.3) is 0 Å². The lowest BCUT2D eigenvalue weighted by Crippen LogP contribution is -2.34. The minimum Gasteiger partial charge on any atom is -0.314 e. The average Bonchev–Trinajstić information content (AvgIpc) is 2.94. The first-order valence-electron chi connectivity index (χ1n) is 6.85. The zero-order valence-corrected chi connectivity index (χ0v) is 11.7. The summed E-state index contributed by atoms with van der Waals surface area (Å²) in [5.74, 6) is 1.17. The van der Waals surface area contributed by atoms with Gasteiger partial charge >= 0.3 is 0 Å². The van der Waals surface area contributed by atoms with Gasteiger partial charge < -0.3 is 5.32 Å². The molecule has 0 saturated heterocycles. The minimum absolute atomic E-state index is 0.264. The molecule has 0 aliphatic rings. The molecular formula is C14H21N5. The quantitative estimate of drug-likeness (QED) is 0.863. The second-order valence-electron chi connectivity index (χ2n) is 4.65. The standard InChI is InChI=1S/C14H21N5/c1-4-13(15-5-2)11(3)14-16-17-18-19(14)12-9-7-6-8-10-12/h6-11,13,15H,4-5H2,1-3H3. The first kappa shape index (κ1) is 13.7. The van der Waals surface area contributed by atoms with Crippen molar-refractivity contribution < 1.29 is 0 Å². The van der Waals surface area contributed by atoms with E-state index in [1.165, 1.54) is 0 Å². The molecular weight excluding hydrogens is 238 g/mol. The summed E-state index contributed by atoms with van der Waals surface area (Å²) in [6.45, 7) is 7.42. The van der Waals surface area contributed by atoms with Crippen molar-refractivity contribution in [3.05, 3.63) is 36.2 Å². The number of nitrogens with zero attached hydrogens (tertiary/aromatic N) is 4. The largest absolute Gasteiger partial charge is 0.314 e. The second kappa shape index (κ2) is 6.43. The van der Waals surface area contributed by atoms with Crippen LogP contribution in [0.3, 0.4) is 0 Å². The molecule has 0 amide bonds. The van der Waals surface area contributed by atoms with Crippen LogP contribution >= 0.6 is 0 Å². The fraction of sp³-hybridized carbons (Fsp3) is 0.500. The van der Waals surface area contributed by atoms with Gasteiger partial charge in [-0.1, -0.05) is 39.0 Å². The van der Waals surface area contributed by atoms with E-state index in [0.717, 1.165) is 24.5 Å². The van der Waals surface area contributed by atoms with Crippen LogP contribution in [0.1, 0.15) is 38.9 Å². The predicted octanol–water partition coefficient (Wildman–Crippen LogP) is 2.15. The Balaban J connectivity index is 2.29. The Kier molecular flexibility index (Phi) is 4.63. The zero-order chi connectivity index (χ0) is 13.7. The molecule has 102 valence electrons. The molecule has 0 fully saturated rings. The Morgan fingerprint density at radius 1 is 1.21 bits per heavy atom. The summed E-state index contributed by atoms with van der Waals surface area (Å²) in [4.78, 5) is 0. The van der Waals surface area contributed by atoms with Gasteiger partial charge in [0, 0.05) is 12.0 Å². The molecule has 19 heavy (non-hydrogen) atoms. The van der Waals surface area contributed by atoms with Crippen LogP contribution in [-0.4, -0.2) is 32.8 Å². The lowest BCUT2D eigenvalue weighted by Gasteiger charge is -2.22. The normalized spacial score (nSPS) is 14.3. The van der Waals surface area contributed by atoms with Crippen molar-refractivity contribution in [2.24, 2.45) is 0 Å². The van der Waals surface area contributed by atoms with E-state index in [1.54, 1.807) is 0 Å². The van der Waals surface area contributed by atoms with E-state index >= 15 is 0 Å². The first-order chi connectivity index (χ1) is 9.27. The molecule has 2 aromatic rings. The number of tetrazole rings is 1. The number of aromatic nitrogens is 4. The van der Waals surface area contributed by atoms with E-state index in [1.807, 2.05) is 35.0 Å². The fourth-order valence-electron chi connectivity index (χ4n) is 2.35. The molecule has 0 saturated carbocycles. The van der Waals surface area contributed by atoms with Gasteiger partial charge in [0.05, 0.1) is 5.69 Å². The summed E-state index contributed by atoms with van der Waals surface area (Å²) in [5, 5.41) is 15.6. The van der Waals surface area contributed by atoms with Gasteiger partial charge in [-0.15, -0.1) is 5.10 Å². The Morgan fingerprint density at radius 2 is 1.95 bits per heavy atom. The Morgan fingerprint density at radius 3 is 2.58 bits per heavy atom. The number of likely N-dealkylation sites (N-methyl/N-ethyl adjacent to an activating group) is 1. The maximum atomic E-state index is 4.21. The zero-order valence-electron chi connectivity index (χ0n) is 11.7. The molecule has 2 rings (SSSR count). The van der Waals surface area contributed by atoms with Crippen LogP contribution in [0.5, 0.6) is 0 Å². The number of nitrogens with one attached hydrogen (secondary N) is 1. The first-order valence-corrected chi connectivity index (χ1v) is 6.85. The van der Waals surface area contributed by atoms with Crippen LogP contribution in [0, 0.1) is 0 Å². The molecule has 0 aliphatic carbocycles. The monoisotopic (exact) mass is 259 g/mol. The predicted molar refractivity (Wildman–Crippen MR) is 75.3 cm³/mol. The molecule has 1 heterocycles. The van der Waals surface area contributed by atoms with E-state index in [4.69, 9.17) is 0 Å². The molecule has 5 heteroatoms. The third-order valence-corrected chi connectivity index (χ3v) is 3.41. The van der Waals surface area contributed by atoms with E-state index in [2.05, 4.69) is 41.6 Å². The van der Waals surface area contributed by atoms with Crippen molar-refractivity contribution >= 4 is 0 Å². The van der Waals surface area contributed by atoms with Gasteiger partial charge in [0.2, 0.25) is 0 Å². The molecule has 0 bridgehead atoms. The van der Waals surface area contributed by atoms with Gasteiger partial charge in [-0.2, -0.15) is 4.68 Å². The van der Waals surface area contributed by atoms with Crippen molar-refractivity contribution in [3.8, 4) is 5.69 Å². The highest BCUT2D eigenvalue weighted by atomic mass is 15.5. The molecule has 0 aliphatic heterocycles. The van der Waals surface area contributed by atoms with Gasteiger partial charge in [-0.05, 0) is 35.5 Å². The molecule has 2 atom stereocenters. The van der Waals surface area contributed by atoms with Crippen molar-refractivity contribution in [1.29, 1.82) is 0 Å². The van der Waals surface area contributed by atoms with Crippen molar-refractivity contribution in [2.75, 3.05) is 6.54 Å². The minimum atomic E-state index is 0.264. The number of rotatable bonds is 6. The van der Waals surface area contributed by atoms with E-state index in [9.17, 15) is 0 Å².